The van der Waals surface area contributed by atoms with Crippen LogP contribution in [0.25, 0.3) is 0 Å². The minimum atomic E-state index is -0.0177. The normalized spacial score (nSPS) is 28.4. The molecular formula is C15H20N2O2. The summed E-state index contributed by atoms with van der Waals surface area (Å²) in [7, 11) is 1.56. The van der Waals surface area contributed by atoms with Crippen molar-refractivity contribution in [3.05, 3.63) is 23.8 Å². The molecule has 1 aromatic carbocycles. The second kappa shape index (κ2) is 4.76. The summed E-state index contributed by atoms with van der Waals surface area (Å²) in [5.41, 5.74) is 6.93. The predicted octanol–water partition coefficient (Wildman–Crippen LogP) is 2.20. The number of nitrogens with one attached hydrogen (secondary N) is 1. The third-order valence-corrected chi connectivity index (χ3v) is 4.55. The van der Waals surface area contributed by atoms with E-state index < -0.39 is 0 Å². The van der Waals surface area contributed by atoms with Crippen LogP contribution in [0.3, 0.4) is 0 Å². The van der Waals surface area contributed by atoms with Gasteiger partial charge in [-0.05, 0) is 49.3 Å². The third kappa shape index (κ3) is 2.27. The molecule has 4 nitrogen and oxygen atoms in total. The molecule has 1 aromatic rings. The number of rotatable bonds is 3. The lowest BCUT2D eigenvalue weighted by molar-refractivity contribution is 0.0922. The van der Waals surface area contributed by atoms with Crippen LogP contribution in [0, 0.1) is 11.8 Å². The topological polar surface area (TPSA) is 64.3 Å². The van der Waals surface area contributed by atoms with Crippen LogP contribution in [0.15, 0.2) is 18.2 Å². The number of methoxy groups -OCH3 is 1. The minimum Gasteiger partial charge on any atom is -0.495 e. The quantitative estimate of drug-likeness (QED) is 0.819. The first kappa shape index (κ1) is 12.3. The van der Waals surface area contributed by atoms with Crippen molar-refractivity contribution in [1.29, 1.82) is 0 Å². The number of anilines is 1. The van der Waals surface area contributed by atoms with E-state index in [4.69, 9.17) is 10.5 Å². The molecule has 2 saturated carbocycles. The number of carbonyl (C=O) groups excluding carboxylic acids is 1. The van der Waals surface area contributed by atoms with E-state index in [-0.39, 0.29) is 5.91 Å². The van der Waals surface area contributed by atoms with E-state index >= 15 is 0 Å². The highest BCUT2D eigenvalue weighted by molar-refractivity contribution is 5.95. The molecule has 3 N–H and O–H groups in total. The van der Waals surface area contributed by atoms with Gasteiger partial charge in [0, 0.05) is 11.6 Å². The summed E-state index contributed by atoms with van der Waals surface area (Å²) in [6.07, 6.45) is 5.03. The highest BCUT2D eigenvalue weighted by Gasteiger charge is 2.40. The van der Waals surface area contributed by atoms with Crippen molar-refractivity contribution in [2.45, 2.75) is 31.7 Å². The average Bonchev–Trinajstić information content (AvgIpc) is 3.01. The van der Waals surface area contributed by atoms with Gasteiger partial charge in [-0.1, -0.05) is 6.42 Å². The summed E-state index contributed by atoms with van der Waals surface area (Å²) in [6, 6.07) is 5.53. The monoisotopic (exact) mass is 260 g/mol. The van der Waals surface area contributed by atoms with E-state index in [2.05, 4.69) is 5.32 Å². The number of carbonyl (C=O) groups is 1. The molecule has 3 unspecified atom stereocenters. The van der Waals surface area contributed by atoms with Crippen molar-refractivity contribution >= 4 is 11.6 Å². The molecule has 3 atom stereocenters. The Balaban J connectivity index is 1.70. The molecule has 3 rings (SSSR count). The minimum absolute atomic E-state index is 0.0177. The molecule has 0 saturated heterocycles. The van der Waals surface area contributed by atoms with Gasteiger partial charge in [0.1, 0.15) is 5.75 Å². The summed E-state index contributed by atoms with van der Waals surface area (Å²) >= 11 is 0. The van der Waals surface area contributed by atoms with Gasteiger partial charge in [0.15, 0.2) is 0 Å². The van der Waals surface area contributed by atoms with Crippen LogP contribution in [-0.2, 0) is 0 Å². The molecule has 102 valence electrons. The molecule has 0 spiro atoms. The van der Waals surface area contributed by atoms with Gasteiger partial charge in [-0.3, -0.25) is 4.79 Å². The zero-order chi connectivity index (χ0) is 13.4. The van der Waals surface area contributed by atoms with Crippen molar-refractivity contribution in [2.75, 3.05) is 12.8 Å². The molecule has 0 aromatic heterocycles. The number of nitrogen functional groups attached to an aromatic ring is 1. The van der Waals surface area contributed by atoms with Crippen molar-refractivity contribution in [2.24, 2.45) is 11.8 Å². The molecule has 2 aliphatic carbocycles. The summed E-state index contributed by atoms with van der Waals surface area (Å²) in [4.78, 5) is 12.2. The summed E-state index contributed by atoms with van der Waals surface area (Å²) in [5, 5.41) is 3.16. The van der Waals surface area contributed by atoms with Gasteiger partial charge in [0.25, 0.3) is 5.91 Å². The highest BCUT2D eigenvalue weighted by Crippen LogP contribution is 2.44. The molecule has 4 heteroatoms. The number of ether oxygens (including phenoxy) is 1. The maximum atomic E-state index is 12.2. The van der Waals surface area contributed by atoms with Crippen LogP contribution in [0.5, 0.6) is 5.75 Å². The maximum Gasteiger partial charge on any atom is 0.251 e. The largest absolute Gasteiger partial charge is 0.495 e. The zero-order valence-electron chi connectivity index (χ0n) is 11.2. The van der Waals surface area contributed by atoms with Crippen LogP contribution in [0.1, 0.15) is 36.0 Å². The smallest absolute Gasteiger partial charge is 0.251 e. The van der Waals surface area contributed by atoms with Crippen molar-refractivity contribution in [3.8, 4) is 5.75 Å². The molecule has 0 aliphatic heterocycles. The van der Waals surface area contributed by atoms with Gasteiger partial charge in [0.05, 0.1) is 12.8 Å². The molecular weight excluding hydrogens is 240 g/mol. The first-order valence-electron chi connectivity index (χ1n) is 6.91. The SMILES string of the molecule is COc1cc(C(=O)NC2CC3CCC2C3)ccc1N. The number of amides is 1. The molecule has 0 radical (unpaired) electrons. The number of hydrogen-bond donors (Lipinski definition) is 2. The number of nitrogens with two attached hydrogens (primary N) is 1. The van der Waals surface area contributed by atoms with Gasteiger partial charge >= 0.3 is 0 Å². The van der Waals surface area contributed by atoms with Gasteiger partial charge < -0.3 is 15.8 Å². The summed E-state index contributed by atoms with van der Waals surface area (Å²) in [6.45, 7) is 0. The number of hydrogen-bond acceptors (Lipinski definition) is 3. The Morgan fingerprint density at radius 3 is 2.84 bits per heavy atom. The van der Waals surface area contributed by atoms with Crippen LogP contribution >= 0.6 is 0 Å². The zero-order valence-corrected chi connectivity index (χ0v) is 11.2. The Labute approximate surface area is 113 Å². The number of fused-ring (bicyclic) bond motifs is 2. The Bertz CT molecular complexity index is 501. The lowest BCUT2D eigenvalue weighted by Gasteiger charge is -2.23. The van der Waals surface area contributed by atoms with Crippen LogP contribution in [0.2, 0.25) is 0 Å². The third-order valence-electron chi connectivity index (χ3n) is 4.55. The first-order chi connectivity index (χ1) is 9.17. The second-order valence-electron chi connectivity index (χ2n) is 5.71. The lowest BCUT2D eigenvalue weighted by atomic mass is 9.95. The van der Waals surface area contributed by atoms with E-state index in [0.717, 1.165) is 12.3 Å². The van der Waals surface area contributed by atoms with Crippen LogP contribution < -0.4 is 15.8 Å². The number of benzene rings is 1. The lowest BCUT2D eigenvalue weighted by Crippen LogP contribution is -2.38. The Hall–Kier alpha value is -1.71. The van der Waals surface area contributed by atoms with Gasteiger partial charge in [-0.15, -0.1) is 0 Å². The molecule has 19 heavy (non-hydrogen) atoms. The van der Waals surface area contributed by atoms with Crippen molar-refractivity contribution < 1.29 is 9.53 Å². The van der Waals surface area contributed by atoms with Gasteiger partial charge in [-0.25, -0.2) is 0 Å². The van der Waals surface area contributed by atoms with E-state index in [1.54, 1.807) is 25.3 Å². The highest BCUT2D eigenvalue weighted by atomic mass is 16.5. The fourth-order valence-corrected chi connectivity index (χ4v) is 3.53. The summed E-state index contributed by atoms with van der Waals surface area (Å²) in [5.74, 6) is 2.05. The second-order valence-corrected chi connectivity index (χ2v) is 5.71. The Morgan fingerprint density at radius 2 is 2.21 bits per heavy atom. The van der Waals surface area contributed by atoms with Crippen LogP contribution in [0.4, 0.5) is 5.69 Å². The van der Waals surface area contributed by atoms with E-state index in [9.17, 15) is 4.79 Å². The van der Waals surface area contributed by atoms with Crippen molar-refractivity contribution in [3.63, 3.8) is 0 Å². The molecule has 2 fully saturated rings. The Kier molecular flexibility index (Phi) is 3.09. The fourth-order valence-electron chi connectivity index (χ4n) is 3.53. The van der Waals surface area contributed by atoms with Crippen LogP contribution in [-0.4, -0.2) is 19.1 Å². The van der Waals surface area contributed by atoms with E-state index in [0.29, 0.717) is 29.0 Å². The first-order valence-corrected chi connectivity index (χ1v) is 6.91. The Morgan fingerprint density at radius 1 is 1.37 bits per heavy atom. The summed E-state index contributed by atoms with van der Waals surface area (Å²) < 4.78 is 5.15. The molecule has 2 bridgehead atoms. The average molecular weight is 260 g/mol. The van der Waals surface area contributed by atoms with Crippen molar-refractivity contribution in [1.82, 2.24) is 5.32 Å². The predicted molar refractivity (Wildman–Crippen MR) is 74.1 cm³/mol. The van der Waals surface area contributed by atoms with E-state index in [1.807, 2.05) is 0 Å². The van der Waals surface area contributed by atoms with E-state index in [1.165, 1.54) is 19.3 Å². The molecule has 2 aliphatic rings. The van der Waals surface area contributed by atoms with Gasteiger partial charge in [-0.2, -0.15) is 0 Å². The molecule has 1 amide bonds. The van der Waals surface area contributed by atoms with Gasteiger partial charge in [0.2, 0.25) is 0 Å². The maximum absolute atomic E-state index is 12.2. The fraction of sp³-hybridized carbons (Fsp3) is 0.533. The molecule has 0 heterocycles. The standard InChI is InChI=1S/C15H20N2O2/c1-19-14-8-11(4-5-12(14)16)15(18)17-13-7-9-2-3-10(13)6-9/h4-5,8-10,13H,2-3,6-7,16H2,1H3,(H,17,18).